The fourth-order valence-corrected chi connectivity index (χ4v) is 3.63. The van der Waals surface area contributed by atoms with Crippen LogP contribution in [0, 0.1) is 6.92 Å². The first-order valence-corrected chi connectivity index (χ1v) is 8.66. The average molecular weight is 368 g/mol. The van der Waals surface area contributed by atoms with Crippen molar-refractivity contribution in [2.45, 2.75) is 45.6 Å². The number of hydrogen-bond donors (Lipinski definition) is 2. The third-order valence-electron chi connectivity index (χ3n) is 3.59. The van der Waals surface area contributed by atoms with Gasteiger partial charge in [0.05, 0.1) is 16.7 Å². The molecule has 1 aromatic heterocycles. The maximum absolute atomic E-state index is 5.78. The Morgan fingerprint density at radius 3 is 2.67 bits per heavy atom. The van der Waals surface area contributed by atoms with Crippen molar-refractivity contribution in [2.75, 3.05) is 0 Å². The van der Waals surface area contributed by atoms with Gasteiger partial charge >= 0.3 is 0 Å². The molecule has 0 amide bonds. The summed E-state index contributed by atoms with van der Waals surface area (Å²) in [5.74, 6) is 5.78. The Morgan fingerprint density at radius 2 is 2.10 bits per heavy atom. The predicted octanol–water partition coefficient (Wildman–Crippen LogP) is 4.26. The number of aromatic nitrogens is 1. The lowest BCUT2D eigenvalue weighted by Gasteiger charge is -2.18. The van der Waals surface area contributed by atoms with Crippen LogP contribution in [0.3, 0.4) is 0 Å². The van der Waals surface area contributed by atoms with E-state index in [0.717, 1.165) is 21.6 Å². The molecule has 5 heteroatoms. The van der Waals surface area contributed by atoms with Gasteiger partial charge in [0.2, 0.25) is 0 Å². The van der Waals surface area contributed by atoms with Crippen LogP contribution in [0.4, 0.5) is 0 Å². The quantitative estimate of drug-likeness (QED) is 0.626. The van der Waals surface area contributed by atoms with Crippen LogP contribution in [0.1, 0.15) is 48.6 Å². The van der Waals surface area contributed by atoms with E-state index < -0.39 is 0 Å². The van der Waals surface area contributed by atoms with Gasteiger partial charge in [0.15, 0.2) is 0 Å². The minimum absolute atomic E-state index is 0.0708. The number of hydrazine groups is 1. The highest BCUT2D eigenvalue weighted by Gasteiger charge is 2.20. The molecule has 1 aromatic carbocycles. The maximum atomic E-state index is 5.78. The fourth-order valence-electron chi connectivity index (χ4n) is 2.18. The minimum atomic E-state index is 0.0708. The molecular formula is C16H22BrN3S. The lowest BCUT2D eigenvalue weighted by molar-refractivity contribution is 0.539. The molecular weight excluding hydrogens is 346 g/mol. The van der Waals surface area contributed by atoms with E-state index in [1.165, 1.54) is 11.1 Å². The molecule has 1 heterocycles. The van der Waals surface area contributed by atoms with E-state index in [1.807, 2.05) is 12.1 Å². The summed E-state index contributed by atoms with van der Waals surface area (Å²) in [4.78, 5) is 4.76. The molecule has 0 bridgehead atoms. The number of benzene rings is 1. The molecule has 2 rings (SSSR count). The Morgan fingerprint density at radius 1 is 1.38 bits per heavy atom. The van der Waals surface area contributed by atoms with Crippen molar-refractivity contribution in [1.29, 1.82) is 0 Å². The van der Waals surface area contributed by atoms with Gasteiger partial charge < -0.3 is 0 Å². The molecule has 21 heavy (non-hydrogen) atoms. The maximum Gasteiger partial charge on any atom is 0.0948 e. The summed E-state index contributed by atoms with van der Waals surface area (Å²) in [5.41, 5.74) is 6.58. The topological polar surface area (TPSA) is 50.9 Å². The smallest absolute Gasteiger partial charge is 0.0948 e. The Labute approximate surface area is 139 Å². The van der Waals surface area contributed by atoms with Crippen molar-refractivity contribution in [3.63, 3.8) is 0 Å². The summed E-state index contributed by atoms with van der Waals surface area (Å²) in [6.07, 6.45) is 0.800. The molecule has 1 unspecified atom stereocenters. The van der Waals surface area contributed by atoms with Gasteiger partial charge in [0.1, 0.15) is 0 Å². The highest BCUT2D eigenvalue weighted by Crippen LogP contribution is 2.29. The van der Waals surface area contributed by atoms with E-state index in [9.17, 15) is 0 Å². The number of nitrogens with zero attached hydrogens (tertiary/aromatic N) is 1. The highest BCUT2D eigenvalue weighted by atomic mass is 79.9. The van der Waals surface area contributed by atoms with Crippen LogP contribution >= 0.6 is 27.3 Å². The number of halogens is 1. The zero-order valence-corrected chi connectivity index (χ0v) is 15.3. The van der Waals surface area contributed by atoms with Crippen LogP contribution in [0.15, 0.2) is 28.1 Å². The second kappa shape index (κ2) is 6.57. The molecule has 0 saturated heterocycles. The van der Waals surface area contributed by atoms with Gasteiger partial charge in [-0.05, 0) is 24.1 Å². The summed E-state index contributed by atoms with van der Waals surface area (Å²) in [7, 11) is 0. The van der Waals surface area contributed by atoms with E-state index in [2.05, 4.69) is 60.5 Å². The molecule has 0 fully saturated rings. The molecule has 0 aliphatic carbocycles. The van der Waals surface area contributed by atoms with Crippen LogP contribution in [0.5, 0.6) is 0 Å². The number of hydrogen-bond acceptors (Lipinski definition) is 4. The van der Waals surface area contributed by atoms with Gasteiger partial charge in [-0.25, -0.2) is 4.98 Å². The van der Waals surface area contributed by atoms with E-state index in [1.54, 1.807) is 11.3 Å². The van der Waals surface area contributed by atoms with Crippen LogP contribution in [-0.4, -0.2) is 4.98 Å². The average Bonchev–Trinajstić information content (AvgIpc) is 2.88. The van der Waals surface area contributed by atoms with Crippen LogP contribution in [0.25, 0.3) is 0 Å². The Bertz CT molecular complexity index is 616. The van der Waals surface area contributed by atoms with Crippen molar-refractivity contribution >= 4 is 27.3 Å². The molecule has 3 nitrogen and oxygen atoms in total. The minimum Gasteiger partial charge on any atom is -0.271 e. The van der Waals surface area contributed by atoms with E-state index in [-0.39, 0.29) is 11.5 Å². The standard InChI is InChI=1S/C16H22BrN3S/c1-10-11(6-5-7-12(10)17)13(20-18)8-15-19-14(9-21-15)16(2,3)4/h5-7,9,13,20H,8,18H2,1-4H3. The molecule has 3 N–H and O–H groups in total. The highest BCUT2D eigenvalue weighted by molar-refractivity contribution is 9.10. The Hall–Kier alpha value is -0.750. The van der Waals surface area contributed by atoms with Crippen LogP contribution in [-0.2, 0) is 11.8 Å². The zero-order valence-electron chi connectivity index (χ0n) is 12.9. The summed E-state index contributed by atoms with van der Waals surface area (Å²) in [6, 6.07) is 6.27. The lowest BCUT2D eigenvalue weighted by atomic mass is 9.93. The number of thiazole rings is 1. The Balaban J connectivity index is 2.23. The zero-order chi connectivity index (χ0) is 15.6. The second-order valence-corrected chi connectivity index (χ2v) is 8.05. The molecule has 0 spiro atoms. The van der Waals surface area contributed by atoms with E-state index >= 15 is 0 Å². The van der Waals surface area contributed by atoms with Crippen molar-refractivity contribution in [3.8, 4) is 0 Å². The number of nitrogens with two attached hydrogens (primary N) is 1. The molecule has 0 radical (unpaired) electrons. The van der Waals surface area contributed by atoms with Gasteiger partial charge in [-0.15, -0.1) is 11.3 Å². The van der Waals surface area contributed by atoms with Gasteiger partial charge in [-0.1, -0.05) is 48.8 Å². The Kier molecular flexibility index (Phi) is 5.20. The normalized spacial score (nSPS) is 13.4. The monoisotopic (exact) mass is 367 g/mol. The summed E-state index contributed by atoms with van der Waals surface area (Å²) in [5, 5.41) is 3.26. The molecule has 114 valence electrons. The van der Waals surface area contributed by atoms with Gasteiger partial charge in [-0.2, -0.15) is 0 Å². The molecule has 0 aliphatic heterocycles. The summed E-state index contributed by atoms with van der Waals surface area (Å²) < 4.78 is 1.11. The van der Waals surface area contributed by atoms with Crippen molar-refractivity contribution in [2.24, 2.45) is 5.84 Å². The summed E-state index contributed by atoms with van der Waals surface area (Å²) >= 11 is 5.28. The molecule has 0 saturated carbocycles. The first kappa shape index (κ1) is 16.6. The van der Waals surface area contributed by atoms with Crippen molar-refractivity contribution in [1.82, 2.24) is 10.4 Å². The number of nitrogens with one attached hydrogen (secondary N) is 1. The first-order chi connectivity index (χ1) is 9.82. The van der Waals surface area contributed by atoms with Crippen LogP contribution < -0.4 is 11.3 Å². The second-order valence-electron chi connectivity index (χ2n) is 6.25. The van der Waals surface area contributed by atoms with Crippen LogP contribution in [0.2, 0.25) is 0 Å². The summed E-state index contributed by atoms with van der Waals surface area (Å²) in [6.45, 7) is 8.65. The third kappa shape index (κ3) is 3.92. The largest absolute Gasteiger partial charge is 0.271 e. The fraction of sp³-hybridized carbons (Fsp3) is 0.438. The molecule has 1 atom stereocenters. The SMILES string of the molecule is Cc1c(Br)cccc1C(Cc1nc(C(C)(C)C)cs1)NN. The van der Waals surface area contributed by atoms with Gasteiger partial charge in [-0.3, -0.25) is 11.3 Å². The molecule has 0 aliphatic rings. The van der Waals surface area contributed by atoms with E-state index in [4.69, 9.17) is 10.8 Å². The first-order valence-electron chi connectivity index (χ1n) is 6.99. The van der Waals surface area contributed by atoms with Gasteiger partial charge in [0, 0.05) is 21.7 Å². The van der Waals surface area contributed by atoms with Crippen molar-refractivity contribution < 1.29 is 0 Å². The molecule has 2 aromatic rings. The lowest BCUT2D eigenvalue weighted by Crippen LogP contribution is -2.30. The predicted molar refractivity (Wildman–Crippen MR) is 93.5 cm³/mol. The van der Waals surface area contributed by atoms with Gasteiger partial charge in [0.25, 0.3) is 0 Å². The number of rotatable bonds is 4. The van der Waals surface area contributed by atoms with Crippen molar-refractivity contribution in [3.05, 3.63) is 49.9 Å². The third-order valence-corrected chi connectivity index (χ3v) is 5.32. The van der Waals surface area contributed by atoms with E-state index in [0.29, 0.717) is 0 Å².